The van der Waals surface area contributed by atoms with E-state index in [4.69, 9.17) is 11.6 Å². The molecular weight excluding hydrogens is 266 g/mol. The number of hydrogen-bond acceptors (Lipinski definition) is 4. The van der Waals surface area contributed by atoms with E-state index in [0.717, 1.165) is 0 Å². The molecule has 6 heteroatoms. The Hall–Kier alpha value is -2.40. The van der Waals surface area contributed by atoms with Gasteiger partial charge in [0.2, 0.25) is 0 Å². The SMILES string of the molecule is C=NN(c1ccc([N+](=O)[O-])cc1)c1ccccc1Cl. The van der Waals surface area contributed by atoms with Gasteiger partial charge in [0, 0.05) is 18.9 Å². The van der Waals surface area contributed by atoms with E-state index in [1.807, 2.05) is 12.1 Å². The highest BCUT2D eigenvalue weighted by Gasteiger charge is 2.12. The number of hydrogen-bond donors (Lipinski definition) is 0. The Morgan fingerprint density at radius 2 is 1.79 bits per heavy atom. The van der Waals surface area contributed by atoms with Crippen molar-refractivity contribution in [2.45, 2.75) is 0 Å². The number of para-hydroxylation sites is 1. The molecule has 0 bridgehead atoms. The van der Waals surface area contributed by atoms with Crippen LogP contribution in [0.3, 0.4) is 0 Å². The summed E-state index contributed by atoms with van der Waals surface area (Å²) in [6, 6.07) is 13.2. The maximum absolute atomic E-state index is 10.6. The van der Waals surface area contributed by atoms with Crippen molar-refractivity contribution in [2.24, 2.45) is 5.10 Å². The molecule has 0 radical (unpaired) electrons. The van der Waals surface area contributed by atoms with Gasteiger partial charge in [0.15, 0.2) is 0 Å². The van der Waals surface area contributed by atoms with Crippen molar-refractivity contribution in [3.05, 3.63) is 63.7 Å². The molecule has 5 nitrogen and oxygen atoms in total. The normalized spacial score (nSPS) is 9.95. The van der Waals surface area contributed by atoms with E-state index in [9.17, 15) is 10.1 Å². The molecule has 19 heavy (non-hydrogen) atoms. The zero-order valence-electron chi connectivity index (χ0n) is 9.86. The van der Waals surface area contributed by atoms with Crippen molar-refractivity contribution in [3.63, 3.8) is 0 Å². The van der Waals surface area contributed by atoms with Crippen molar-refractivity contribution in [2.75, 3.05) is 5.01 Å². The number of halogens is 1. The number of rotatable bonds is 4. The average molecular weight is 276 g/mol. The molecule has 0 unspecified atom stereocenters. The summed E-state index contributed by atoms with van der Waals surface area (Å²) in [5.41, 5.74) is 1.33. The maximum Gasteiger partial charge on any atom is 0.269 e. The lowest BCUT2D eigenvalue weighted by atomic mass is 10.2. The zero-order chi connectivity index (χ0) is 13.8. The van der Waals surface area contributed by atoms with Crippen LogP contribution < -0.4 is 5.01 Å². The zero-order valence-corrected chi connectivity index (χ0v) is 10.6. The standard InChI is InChI=1S/C13H10ClN3O2/c1-15-16(13-5-3-2-4-12(13)14)10-6-8-11(9-7-10)17(18)19/h2-9H,1H2. The molecule has 0 aliphatic rings. The third-order valence-electron chi connectivity index (χ3n) is 2.53. The molecule has 96 valence electrons. The minimum Gasteiger partial charge on any atom is -0.258 e. The van der Waals surface area contributed by atoms with E-state index < -0.39 is 4.92 Å². The monoisotopic (exact) mass is 275 g/mol. The minimum absolute atomic E-state index is 0.0203. The molecule has 0 aliphatic heterocycles. The van der Waals surface area contributed by atoms with Gasteiger partial charge in [-0.05, 0) is 24.3 Å². The van der Waals surface area contributed by atoms with Crippen LogP contribution >= 0.6 is 11.6 Å². The first-order chi connectivity index (χ1) is 9.13. The fourth-order valence-electron chi connectivity index (χ4n) is 1.64. The molecule has 2 aromatic rings. The van der Waals surface area contributed by atoms with Gasteiger partial charge in [-0.1, -0.05) is 23.7 Å². The molecule has 0 aliphatic carbocycles. The molecule has 0 saturated carbocycles. The molecule has 2 rings (SSSR count). The summed E-state index contributed by atoms with van der Waals surface area (Å²) < 4.78 is 0. The summed E-state index contributed by atoms with van der Waals surface area (Å²) in [5.74, 6) is 0. The Morgan fingerprint density at radius 3 is 2.32 bits per heavy atom. The number of nitro benzene ring substituents is 1. The van der Waals surface area contributed by atoms with Crippen LogP contribution in [0.25, 0.3) is 0 Å². The van der Waals surface area contributed by atoms with Gasteiger partial charge < -0.3 is 0 Å². The van der Waals surface area contributed by atoms with Gasteiger partial charge in [0.1, 0.15) is 0 Å². The van der Waals surface area contributed by atoms with Gasteiger partial charge in [-0.2, -0.15) is 5.10 Å². The average Bonchev–Trinajstić information content (AvgIpc) is 2.42. The van der Waals surface area contributed by atoms with E-state index in [-0.39, 0.29) is 5.69 Å². The fraction of sp³-hybridized carbons (Fsp3) is 0. The quantitative estimate of drug-likeness (QED) is 0.481. The van der Waals surface area contributed by atoms with Crippen LogP contribution in [0, 0.1) is 10.1 Å². The van der Waals surface area contributed by atoms with Crippen LogP contribution in [0.15, 0.2) is 53.6 Å². The second-order valence-electron chi connectivity index (χ2n) is 3.68. The predicted octanol–water partition coefficient (Wildman–Crippen LogP) is 4.00. The Balaban J connectivity index is 2.40. The predicted molar refractivity (Wildman–Crippen MR) is 76.2 cm³/mol. The van der Waals surface area contributed by atoms with Crippen molar-refractivity contribution >= 4 is 35.4 Å². The molecule has 0 aromatic heterocycles. The second kappa shape index (κ2) is 5.49. The van der Waals surface area contributed by atoms with Crippen LogP contribution in [0.5, 0.6) is 0 Å². The number of anilines is 2. The molecule has 0 amide bonds. The van der Waals surface area contributed by atoms with Crippen LogP contribution in [0.2, 0.25) is 5.02 Å². The van der Waals surface area contributed by atoms with Crippen LogP contribution in [-0.4, -0.2) is 11.6 Å². The number of non-ortho nitro benzene ring substituents is 1. The van der Waals surface area contributed by atoms with Gasteiger partial charge in [0.25, 0.3) is 5.69 Å². The first kappa shape index (κ1) is 13.0. The van der Waals surface area contributed by atoms with Crippen molar-refractivity contribution < 1.29 is 4.92 Å². The Labute approximate surface area is 114 Å². The Bertz CT molecular complexity index is 614. The second-order valence-corrected chi connectivity index (χ2v) is 4.09. The van der Waals surface area contributed by atoms with E-state index in [0.29, 0.717) is 16.4 Å². The number of nitrogens with zero attached hydrogens (tertiary/aromatic N) is 3. The third-order valence-corrected chi connectivity index (χ3v) is 2.85. The highest BCUT2D eigenvalue weighted by atomic mass is 35.5. The summed E-state index contributed by atoms with van der Waals surface area (Å²) in [5, 5.41) is 16.5. The van der Waals surface area contributed by atoms with E-state index in [1.54, 1.807) is 24.3 Å². The molecule has 0 N–H and O–H groups in total. The largest absolute Gasteiger partial charge is 0.269 e. The summed E-state index contributed by atoms with van der Waals surface area (Å²) in [6.45, 7) is 3.50. The van der Waals surface area contributed by atoms with Crippen LogP contribution in [0.1, 0.15) is 0 Å². The van der Waals surface area contributed by atoms with Gasteiger partial charge >= 0.3 is 0 Å². The van der Waals surface area contributed by atoms with E-state index in [2.05, 4.69) is 11.8 Å². The molecule has 0 atom stereocenters. The highest BCUT2D eigenvalue weighted by Crippen LogP contribution is 2.32. The van der Waals surface area contributed by atoms with Crippen molar-refractivity contribution in [1.82, 2.24) is 0 Å². The Morgan fingerprint density at radius 1 is 1.16 bits per heavy atom. The molecule has 0 saturated heterocycles. The van der Waals surface area contributed by atoms with Gasteiger partial charge in [-0.15, -0.1) is 0 Å². The van der Waals surface area contributed by atoms with Crippen molar-refractivity contribution in [1.29, 1.82) is 0 Å². The van der Waals surface area contributed by atoms with E-state index in [1.165, 1.54) is 17.1 Å². The van der Waals surface area contributed by atoms with Gasteiger partial charge in [-0.25, -0.2) is 5.01 Å². The fourth-order valence-corrected chi connectivity index (χ4v) is 1.85. The number of benzene rings is 2. The lowest BCUT2D eigenvalue weighted by molar-refractivity contribution is -0.384. The van der Waals surface area contributed by atoms with Crippen LogP contribution in [-0.2, 0) is 0 Å². The lowest BCUT2D eigenvalue weighted by Gasteiger charge is -2.19. The number of nitro groups is 1. The molecule has 0 spiro atoms. The van der Waals surface area contributed by atoms with Gasteiger partial charge in [-0.3, -0.25) is 10.1 Å². The molecule has 0 fully saturated rings. The maximum atomic E-state index is 10.6. The lowest BCUT2D eigenvalue weighted by Crippen LogP contribution is -2.08. The summed E-state index contributed by atoms with van der Waals surface area (Å²) in [4.78, 5) is 10.2. The first-order valence-corrected chi connectivity index (χ1v) is 5.77. The first-order valence-electron chi connectivity index (χ1n) is 5.39. The summed E-state index contributed by atoms with van der Waals surface area (Å²) >= 11 is 6.09. The highest BCUT2D eigenvalue weighted by molar-refractivity contribution is 6.33. The molecule has 2 aromatic carbocycles. The Kier molecular flexibility index (Phi) is 3.77. The van der Waals surface area contributed by atoms with Gasteiger partial charge in [0.05, 0.1) is 21.3 Å². The molecular formula is C13H10ClN3O2. The molecule has 0 heterocycles. The van der Waals surface area contributed by atoms with Crippen LogP contribution in [0.4, 0.5) is 17.1 Å². The smallest absolute Gasteiger partial charge is 0.258 e. The minimum atomic E-state index is -0.453. The number of hydrazone groups is 1. The van der Waals surface area contributed by atoms with E-state index >= 15 is 0 Å². The summed E-state index contributed by atoms with van der Waals surface area (Å²) in [7, 11) is 0. The topological polar surface area (TPSA) is 58.7 Å². The summed E-state index contributed by atoms with van der Waals surface area (Å²) in [6.07, 6.45) is 0. The third kappa shape index (κ3) is 2.71. The van der Waals surface area contributed by atoms with Crippen molar-refractivity contribution in [3.8, 4) is 0 Å².